The molecule has 0 bridgehead atoms. The number of hydrogen-bond donors (Lipinski definition) is 1. The number of ether oxygens (including phenoxy) is 1. The number of nitrogens with one attached hydrogen (secondary N) is 1. The van der Waals surface area contributed by atoms with E-state index in [0.29, 0.717) is 6.61 Å². The summed E-state index contributed by atoms with van der Waals surface area (Å²) in [6.07, 6.45) is 2.29. The van der Waals surface area contributed by atoms with Gasteiger partial charge in [-0.15, -0.1) is 0 Å². The van der Waals surface area contributed by atoms with Crippen LogP contribution in [-0.2, 0) is 6.42 Å². The van der Waals surface area contributed by atoms with Gasteiger partial charge < -0.3 is 10.1 Å². The van der Waals surface area contributed by atoms with E-state index in [1.165, 1.54) is 16.7 Å². The molecule has 2 rings (SSSR count). The molecule has 0 unspecified atom stereocenters. The predicted octanol–water partition coefficient (Wildman–Crippen LogP) is 3.90. The molecule has 0 saturated carbocycles. The Morgan fingerprint density at radius 1 is 0.905 bits per heavy atom. The van der Waals surface area contributed by atoms with Gasteiger partial charge in [-0.05, 0) is 62.1 Å². The Balaban J connectivity index is 1.56. The van der Waals surface area contributed by atoms with Crippen LogP contribution in [-0.4, -0.2) is 19.7 Å². The third-order valence-electron chi connectivity index (χ3n) is 3.40. The average molecular weight is 283 g/mol. The molecule has 0 fully saturated rings. The fraction of sp³-hybridized carbons (Fsp3) is 0.368. The molecule has 2 aromatic carbocycles. The zero-order chi connectivity index (χ0) is 14.9. The molecular weight excluding hydrogens is 258 g/mol. The highest BCUT2D eigenvalue weighted by molar-refractivity contribution is 5.32. The summed E-state index contributed by atoms with van der Waals surface area (Å²) in [5, 5.41) is 3.43. The van der Waals surface area contributed by atoms with Crippen LogP contribution in [0.2, 0.25) is 0 Å². The molecule has 0 aliphatic carbocycles. The van der Waals surface area contributed by atoms with E-state index in [-0.39, 0.29) is 0 Å². The number of hydrogen-bond acceptors (Lipinski definition) is 2. The molecule has 2 aromatic rings. The largest absolute Gasteiger partial charge is 0.492 e. The molecule has 0 aliphatic heterocycles. The molecule has 21 heavy (non-hydrogen) atoms. The van der Waals surface area contributed by atoms with E-state index in [4.69, 9.17) is 4.74 Å². The molecule has 0 spiro atoms. The van der Waals surface area contributed by atoms with Gasteiger partial charge in [0.05, 0.1) is 0 Å². The van der Waals surface area contributed by atoms with E-state index in [0.717, 1.165) is 31.7 Å². The summed E-state index contributed by atoms with van der Waals surface area (Å²) in [5.74, 6) is 0.971. The van der Waals surface area contributed by atoms with Gasteiger partial charge >= 0.3 is 0 Å². The standard InChI is InChI=1S/C19H25NO/c1-16-13-17(2)15-19(14-16)21-12-11-20-10-6-9-18-7-4-3-5-8-18/h3-5,7-8,13-15,20H,6,9-12H2,1-2H3. The fourth-order valence-corrected chi connectivity index (χ4v) is 2.44. The topological polar surface area (TPSA) is 21.3 Å². The molecule has 1 N–H and O–H groups in total. The third-order valence-corrected chi connectivity index (χ3v) is 3.40. The van der Waals surface area contributed by atoms with Gasteiger partial charge in [0, 0.05) is 6.54 Å². The van der Waals surface area contributed by atoms with E-state index < -0.39 is 0 Å². The van der Waals surface area contributed by atoms with Crippen molar-refractivity contribution in [3.63, 3.8) is 0 Å². The van der Waals surface area contributed by atoms with Crippen LogP contribution in [0.15, 0.2) is 48.5 Å². The molecule has 0 saturated heterocycles. The van der Waals surface area contributed by atoms with Crippen molar-refractivity contribution < 1.29 is 4.74 Å². The maximum atomic E-state index is 5.77. The van der Waals surface area contributed by atoms with Crippen molar-refractivity contribution in [1.29, 1.82) is 0 Å². The monoisotopic (exact) mass is 283 g/mol. The molecular formula is C19H25NO. The molecule has 0 radical (unpaired) electrons. The second-order valence-electron chi connectivity index (χ2n) is 5.51. The lowest BCUT2D eigenvalue weighted by atomic mass is 10.1. The second kappa shape index (κ2) is 8.48. The molecule has 2 heteroatoms. The maximum absolute atomic E-state index is 5.77. The zero-order valence-electron chi connectivity index (χ0n) is 13.1. The van der Waals surface area contributed by atoms with Crippen molar-refractivity contribution in [1.82, 2.24) is 5.32 Å². The number of rotatable bonds is 8. The first kappa shape index (κ1) is 15.6. The van der Waals surface area contributed by atoms with Crippen LogP contribution >= 0.6 is 0 Å². The average Bonchev–Trinajstić information content (AvgIpc) is 2.46. The van der Waals surface area contributed by atoms with Crippen molar-refractivity contribution in [2.45, 2.75) is 26.7 Å². The van der Waals surface area contributed by atoms with E-state index >= 15 is 0 Å². The minimum atomic E-state index is 0.716. The zero-order valence-corrected chi connectivity index (χ0v) is 13.1. The van der Waals surface area contributed by atoms with Crippen LogP contribution in [0.1, 0.15) is 23.1 Å². The number of benzene rings is 2. The SMILES string of the molecule is Cc1cc(C)cc(OCCNCCCc2ccccc2)c1. The van der Waals surface area contributed by atoms with Gasteiger partial charge in [0.15, 0.2) is 0 Å². The summed E-state index contributed by atoms with van der Waals surface area (Å²) in [7, 11) is 0. The molecule has 0 aromatic heterocycles. The van der Waals surface area contributed by atoms with Crippen LogP contribution in [0, 0.1) is 13.8 Å². The van der Waals surface area contributed by atoms with Crippen molar-refractivity contribution in [2.75, 3.05) is 19.7 Å². The Bertz CT molecular complexity index is 516. The van der Waals surface area contributed by atoms with Gasteiger partial charge in [0.1, 0.15) is 12.4 Å². The van der Waals surface area contributed by atoms with Crippen LogP contribution in [0.4, 0.5) is 0 Å². The lowest BCUT2D eigenvalue weighted by molar-refractivity contribution is 0.313. The normalized spacial score (nSPS) is 10.6. The van der Waals surface area contributed by atoms with Crippen molar-refractivity contribution in [3.8, 4) is 5.75 Å². The Morgan fingerprint density at radius 3 is 2.33 bits per heavy atom. The summed E-state index contributed by atoms with van der Waals surface area (Å²) in [6, 6.07) is 17.0. The quantitative estimate of drug-likeness (QED) is 0.742. The van der Waals surface area contributed by atoms with E-state index in [1.54, 1.807) is 0 Å². The molecule has 0 atom stereocenters. The highest BCUT2D eigenvalue weighted by Gasteiger charge is 1.97. The van der Waals surface area contributed by atoms with Crippen LogP contribution < -0.4 is 10.1 Å². The van der Waals surface area contributed by atoms with E-state index in [9.17, 15) is 0 Å². The predicted molar refractivity (Wildman–Crippen MR) is 89.0 cm³/mol. The van der Waals surface area contributed by atoms with Crippen molar-refractivity contribution in [2.24, 2.45) is 0 Å². The summed E-state index contributed by atoms with van der Waals surface area (Å²) < 4.78 is 5.77. The Kier molecular flexibility index (Phi) is 6.29. The molecule has 0 aliphatic rings. The smallest absolute Gasteiger partial charge is 0.119 e. The van der Waals surface area contributed by atoms with Gasteiger partial charge in [-0.2, -0.15) is 0 Å². The third kappa shape index (κ3) is 6.01. The second-order valence-corrected chi connectivity index (χ2v) is 5.51. The van der Waals surface area contributed by atoms with Gasteiger partial charge in [-0.3, -0.25) is 0 Å². The lowest BCUT2D eigenvalue weighted by Gasteiger charge is -2.09. The van der Waals surface area contributed by atoms with Crippen LogP contribution in [0.25, 0.3) is 0 Å². The van der Waals surface area contributed by atoms with Crippen LogP contribution in [0.5, 0.6) is 5.75 Å². The molecule has 0 heterocycles. The van der Waals surface area contributed by atoms with Gasteiger partial charge in [0.2, 0.25) is 0 Å². The van der Waals surface area contributed by atoms with E-state index in [1.807, 2.05) is 0 Å². The van der Waals surface area contributed by atoms with Crippen molar-refractivity contribution >= 4 is 0 Å². The summed E-state index contributed by atoms with van der Waals surface area (Å²) in [6.45, 7) is 6.84. The first-order valence-corrected chi connectivity index (χ1v) is 7.70. The summed E-state index contributed by atoms with van der Waals surface area (Å²) >= 11 is 0. The summed E-state index contributed by atoms with van der Waals surface area (Å²) in [4.78, 5) is 0. The molecule has 0 amide bonds. The number of aryl methyl sites for hydroxylation is 3. The van der Waals surface area contributed by atoms with E-state index in [2.05, 4.69) is 67.7 Å². The highest BCUT2D eigenvalue weighted by atomic mass is 16.5. The van der Waals surface area contributed by atoms with Crippen LogP contribution in [0.3, 0.4) is 0 Å². The molecule has 112 valence electrons. The minimum absolute atomic E-state index is 0.716. The first-order chi connectivity index (χ1) is 10.2. The maximum Gasteiger partial charge on any atom is 0.119 e. The first-order valence-electron chi connectivity index (χ1n) is 7.70. The fourth-order valence-electron chi connectivity index (χ4n) is 2.44. The molecule has 2 nitrogen and oxygen atoms in total. The van der Waals surface area contributed by atoms with Gasteiger partial charge in [-0.1, -0.05) is 36.4 Å². The summed E-state index contributed by atoms with van der Waals surface area (Å²) in [5.41, 5.74) is 3.91. The Hall–Kier alpha value is -1.80. The highest BCUT2D eigenvalue weighted by Crippen LogP contribution is 2.15. The van der Waals surface area contributed by atoms with Crippen molar-refractivity contribution in [3.05, 3.63) is 65.2 Å². The minimum Gasteiger partial charge on any atom is -0.492 e. The Morgan fingerprint density at radius 2 is 1.62 bits per heavy atom. The van der Waals surface area contributed by atoms with Gasteiger partial charge in [-0.25, -0.2) is 0 Å². The van der Waals surface area contributed by atoms with Gasteiger partial charge in [0.25, 0.3) is 0 Å². The lowest BCUT2D eigenvalue weighted by Crippen LogP contribution is -2.22. The Labute approximate surface area is 128 Å².